The lowest BCUT2D eigenvalue weighted by Gasteiger charge is -2.44. The third-order valence-electron chi connectivity index (χ3n) is 6.98. The molecule has 1 aromatic carbocycles. The zero-order chi connectivity index (χ0) is 21.3. The van der Waals surface area contributed by atoms with E-state index >= 15 is 0 Å². The van der Waals surface area contributed by atoms with Crippen LogP contribution >= 0.6 is 11.6 Å². The summed E-state index contributed by atoms with van der Waals surface area (Å²) in [6.45, 7) is 6.22. The molecule has 0 radical (unpaired) electrons. The summed E-state index contributed by atoms with van der Waals surface area (Å²) in [5.74, 6) is 1.50. The number of hydrogen-bond acceptors (Lipinski definition) is 4. The first kappa shape index (κ1) is 21.4. The van der Waals surface area contributed by atoms with Crippen molar-refractivity contribution in [3.05, 3.63) is 35.4 Å². The molecular weight excluding hydrogens is 398 g/mol. The number of amides is 1. The van der Waals surface area contributed by atoms with Gasteiger partial charge in [-0.2, -0.15) is 0 Å². The number of fused-ring (bicyclic) bond motifs is 1. The normalized spacial score (nSPS) is 26.5. The van der Waals surface area contributed by atoms with Gasteiger partial charge >= 0.3 is 0 Å². The molecule has 6 heteroatoms. The molecule has 0 bridgehead atoms. The van der Waals surface area contributed by atoms with Crippen molar-refractivity contribution in [2.24, 2.45) is 17.3 Å². The first-order valence-corrected chi connectivity index (χ1v) is 11.5. The molecule has 2 aliphatic rings. The number of halogens is 1. The van der Waals surface area contributed by atoms with Gasteiger partial charge in [-0.15, -0.1) is 0 Å². The molecule has 1 atom stereocenters. The number of aliphatic hydroxyl groups excluding tert-OH is 1. The first-order valence-electron chi connectivity index (χ1n) is 11.1. The smallest absolute Gasteiger partial charge is 0.224 e. The van der Waals surface area contributed by atoms with E-state index in [2.05, 4.69) is 36.2 Å². The molecule has 30 heavy (non-hydrogen) atoms. The fourth-order valence-corrected chi connectivity index (χ4v) is 5.33. The maximum absolute atomic E-state index is 13.1. The number of aliphatic hydroxyl groups is 1. The maximum Gasteiger partial charge on any atom is 0.224 e. The van der Waals surface area contributed by atoms with Gasteiger partial charge in [-0.1, -0.05) is 37.6 Å². The summed E-state index contributed by atoms with van der Waals surface area (Å²) in [7, 11) is 0. The van der Waals surface area contributed by atoms with Crippen LogP contribution in [-0.4, -0.2) is 41.7 Å². The highest BCUT2D eigenvalue weighted by Gasteiger charge is 2.41. The molecular formula is C24H32ClN3O2. The summed E-state index contributed by atoms with van der Waals surface area (Å²) in [5, 5.41) is 14.3. The number of para-hydroxylation sites is 1. The summed E-state index contributed by atoms with van der Waals surface area (Å²) in [6, 6.07) is 10.2. The fourth-order valence-electron chi connectivity index (χ4n) is 5.11. The van der Waals surface area contributed by atoms with Crippen LogP contribution in [0.25, 0.3) is 10.9 Å². The predicted octanol–water partition coefficient (Wildman–Crippen LogP) is 4.41. The molecule has 5 nitrogen and oxygen atoms in total. The topological polar surface area (TPSA) is 65.5 Å². The van der Waals surface area contributed by atoms with E-state index in [0.29, 0.717) is 10.9 Å². The third kappa shape index (κ3) is 4.42. The molecule has 2 heterocycles. The van der Waals surface area contributed by atoms with Gasteiger partial charge in [0.2, 0.25) is 5.91 Å². The van der Waals surface area contributed by atoms with E-state index in [9.17, 15) is 9.90 Å². The Balaban J connectivity index is 1.42. The first-order chi connectivity index (χ1) is 14.4. The van der Waals surface area contributed by atoms with E-state index in [1.807, 2.05) is 18.2 Å². The molecule has 162 valence electrons. The summed E-state index contributed by atoms with van der Waals surface area (Å²) in [5.41, 5.74) is 0.676. The second-order valence-electron chi connectivity index (χ2n) is 9.64. The van der Waals surface area contributed by atoms with Crippen LogP contribution in [0, 0.1) is 17.3 Å². The average molecular weight is 430 g/mol. The third-order valence-corrected chi connectivity index (χ3v) is 7.28. The second-order valence-corrected chi connectivity index (χ2v) is 10.0. The summed E-state index contributed by atoms with van der Waals surface area (Å²) >= 11 is 6.35. The molecule has 1 aromatic heterocycles. The van der Waals surface area contributed by atoms with Crippen molar-refractivity contribution >= 4 is 34.2 Å². The highest BCUT2D eigenvalue weighted by molar-refractivity contribution is 6.35. The summed E-state index contributed by atoms with van der Waals surface area (Å²) in [4.78, 5) is 20.2. The zero-order valence-electron chi connectivity index (χ0n) is 17.9. The van der Waals surface area contributed by atoms with Gasteiger partial charge in [0.05, 0.1) is 10.5 Å². The predicted molar refractivity (Wildman–Crippen MR) is 122 cm³/mol. The van der Waals surface area contributed by atoms with E-state index < -0.39 is 0 Å². The lowest BCUT2D eigenvalue weighted by Crippen LogP contribution is -2.53. The molecule has 1 aliphatic carbocycles. The van der Waals surface area contributed by atoms with E-state index in [1.54, 1.807) is 0 Å². The Bertz CT molecular complexity index is 908. The number of rotatable bonds is 4. The number of aromatic nitrogens is 1. The van der Waals surface area contributed by atoms with Gasteiger partial charge in [-0.25, -0.2) is 4.98 Å². The fraction of sp³-hybridized carbons (Fsp3) is 0.583. The van der Waals surface area contributed by atoms with Gasteiger partial charge in [-0.3, -0.25) is 4.79 Å². The average Bonchev–Trinajstić information content (AvgIpc) is 2.73. The van der Waals surface area contributed by atoms with E-state index in [0.717, 1.165) is 61.9 Å². The number of nitrogens with one attached hydrogen (secondary N) is 1. The van der Waals surface area contributed by atoms with Gasteiger partial charge in [0, 0.05) is 37.0 Å². The number of carbonyl (C=O) groups excluding carboxylic acids is 1. The van der Waals surface area contributed by atoms with Crippen LogP contribution in [0.5, 0.6) is 0 Å². The molecule has 1 saturated carbocycles. The minimum absolute atomic E-state index is 0.00615. The van der Waals surface area contributed by atoms with Gasteiger partial charge in [0.25, 0.3) is 0 Å². The number of piperidine rings is 1. The van der Waals surface area contributed by atoms with Crippen LogP contribution in [0.2, 0.25) is 5.02 Å². The lowest BCUT2D eigenvalue weighted by atomic mass is 9.73. The monoisotopic (exact) mass is 429 g/mol. The lowest BCUT2D eigenvalue weighted by molar-refractivity contribution is -0.130. The largest absolute Gasteiger partial charge is 0.396 e. The van der Waals surface area contributed by atoms with Gasteiger partial charge < -0.3 is 15.3 Å². The molecule has 0 unspecified atom stereocenters. The number of benzene rings is 1. The van der Waals surface area contributed by atoms with E-state index in [1.165, 1.54) is 0 Å². The van der Waals surface area contributed by atoms with Crippen molar-refractivity contribution in [1.82, 2.24) is 10.3 Å². The van der Waals surface area contributed by atoms with Crippen LogP contribution in [-0.2, 0) is 4.79 Å². The highest BCUT2D eigenvalue weighted by atomic mass is 35.5. The van der Waals surface area contributed by atoms with Crippen molar-refractivity contribution in [3.63, 3.8) is 0 Å². The SMILES string of the molecule is CC1(C)CN(c2ccc3cccc(Cl)c3n2)CC[C@H]1C(=O)NC1CCC(CO)CC1. The molecule has 2 aromatic rings. The molecule has 1 amide bonds. The molecule has 4 rings (SSSR count). The zero-order valence-corrected chi connectivity index (χ0v) is 18.7. The van der Waals surface area contributed by atoms with Crippen molar-refractivity contribution in [2.75, 3.05) is 24.6 Å². The summed E-state index contributed by atoms with van der Waals surface area (Å²) < 4.78 is 0. The molecule has 1 saturated heterocycles. The second kappa shape index (κ2) is 8.72. The number of pyridine rings is 1. The van der Waals surface area contributed by atoms with Gasteiger partial charge in [-0.05, 0) is 61.6 Å². The Labute approximate surface area is 183 Å². The Morgan fingerprint density at radius 3 is 2.67 bits per heavy atom. The Morgan fingerprint density at radius 1 is 1.20 bits per heavy atom. The van der Waals surface area contributed by atoms with E-state index in [-0.39, 0.29) is 29.9 Å². The number of hydrogen-bond donors (Lipinski definition) is 2. The van der Waals surface area contributed by atoms with Crippen LogP contribution in [0.3, 0.4) is 0 Å². The molecule has 1 aliphatic heterocycles. The Hall–Kier alpha value is -1.85. The molecule has 2 N–H and O–H groups in total. The van der Waals surface area contributed by atoms with Crippen molar-refractivity contribution in [2.45, 2.75) is 52.0 Å². The minimum atomic E-state index is -0.151. The Morgan fingerprint density at radius 2 is 1.97 bits per heavy atom. The number of nitrogens with zero attached hydrogens (tertiary/aromatic N) is 2. The van der Waals surface area contributed by atoms with Crippen molar-refractivity contribution in [3.8, 4) is 0 Å². The number of anilines is 1. The van der Waals surface area contributed by atoms with Crippen LogP contribution < -0.4 is 10.2 Å². The van der Waals surface area contributed by atoms with Crippen LogP contribution in [0.4, 0.5) is 5.82 Å². The van der Waals surface area contributed by atoms with Crippen LogP contribution in [0.15, 0.2) is 30.3 Å². The molecule has 0 spiro atoms. The van der Waals surface area contributed by atoms with Gasteiger partial charge in [0.15, 0.2) is 0 Å². The van der Waals surface area contributed by atoms with Gasteiger partial charge in [0.1, 0.15) is 5.82 Å². The quantitative estimate of drug-likeness (QED) is 0.755. The van der Waals surface area contributed by atoms with Crippen LogP contribution in [0.1, 0.15) is 46.0 Å². The Kier molecular flexibility index (Phi) is 6.21. The van der Waals surface area contributed by atoms with Crippen molar-refractivity contribution < 1.29 is 9.90 Å². The summed E-state index contributed by atoms with van der Waals surface area (Å²) in [6.07, 6.45) is 4.75. The van der Waals surface area contributed by atoms with E-state index in [4.69, 9.17) is 16.6 Å². The standard InChI is InChI=1S/C24H32ClN3O2/c1-24(2)15-28(21-11-8-17-4-3-5-20(25)22(17)27-21)13-12-19(24)23(30)26-18-9-6-16(14-29)7-10-18/h3-5,8,11,16,18-19,29H,6-7,9-10,12-15H2,1-2H3,(H,26,30)/t16?,18?,19-/m0/s1. The highest BCUT2D eigenvalue weighted by Crippen LogP contribution is 2.37. The van der Waals surface area contributed by atoms with Crippen molar-refractivity contribution in [1.29, 1.82) is 0 Å². The maximum atomic E-state index is 13.1. The number of carbonyl (C=O) groups is 1. The minimum Gasteiger partial charge on any atom is -0.396 e. The molecule has 2 fully saturated rings.